The molecule has 0 saturated carbocycles. The number of carboxylic acid groups (broad SMARTS) is 1. The first-order valence-electron chi connectivity index (χ1n) is 13.4. The summed E-state index contributed by atoms with van der Waals surface area (Å²) in [6.07, 6.45) is 3.88. The van der Waals surface area contributed by atoms with Crippen molar-refractivity contribution in [3.05, 3.63) is 54.1 Å². The summed E-state index contributed by atoms with van der Waals surface area (Å²) < 4.78 is 0. The van der Waals surface area contributed by atoms with Crippen molar-refractivity contribution in [2.45, 2.75) is 70.1 Å². The van der Waals surface area contributed by atoms with Crippen LogP contribution in [0.5, 0.6) is 0 Å². The highest BCUT2D eigenvalue weighted by Gasteiger charge is 2.31. The number of nitrogens with one attached hydrogen (secondary N) is 4. The summed E-state index contributed by atoms with van der Waals surface area (Å²) in [7, 11) is 0. The van der Waals surface area contributed by atoms with Crippen LogP contribution in [-0.4, -0.2) is 75.4 Å². The smallest absolute Gasteiger partial charge is 0.326 e. The second-order valence-corrected chi connectivity index (χ2v) is 10.2. The van der Waals surface area contributed by atoms with Crippen LogP contribution in [-0.2, 0) is 32.0 Å². The number of nitrogens with zero attached hydrogens (tertiary/aromatic N) is 2. The number of nitrogens with two attached hydrogens (primary N) is 3. The normalized spacial score (nSPS) is 13.9. The molecule has 1 aromatic carbocycles. The van der Waals surface area contributed by atoms with Crippen LogP contribution in [0.15, 0.2) is 47.8 Å². The topological polar surface area (TPSA) is 244 Å². The van der Waals surface area contributed by atoms with Gasteiger partial charge in [-0.2, -0.15) is 0 Å². The second-order valence-electron chi connectivity index (χ2n) is 10.2. The van der Waals surface area contributed by atoms with Gasteiger partial charge < -0.3 is 43.2 Å². The van der Waals surface area contributed by atoms with Gasteiger partial charge >= 0.3 is 5.97 Å². The first-order valence-corrected chi connectivity index (χ1v) is 13.4. The monoisotopic (exact) mass is 571 g/mol. The molecule has 0 radical (unpaired) electrons. The molecular formula is C27H41N9O5. The highest BCUT2D eigenvalue weighted by molar-refractivity contribution is 5.94. The van der Waals surface area contributed by atoms with Gasteiger partial charge in [0.05, 0.1) is 12.4 Å². The van der Waals surface area contributed by atoms with Gasteiger partial charge in [-0.25, -0.2) is 9.78 Å². The van der Waals surface area contributed by atoms with Crippen molar-refractivity contribution in [2.75, 3.05) is 6.54 Å². The fourth-order valence-electron chi connectivity index (χ4n) is 4.07. The largest absolute Gasteiger partial charge is 0.480 e. The Kier molecular flexibility index (Phi) is 13.3. The van der Waals surface area contributed by atoms with Crippen LogP contribution in [0.1, 0.15) is 44.4 Å². The molecule has 2 rings (SSSR count). The number of amides is 3. The predicted molar refractivity (Wildman–Crippen MR) is 153 cm³/mol. The minimum atomic E-state index is -1.19. The molecule has 3 amide bonds. The molecule has 0 aliphatic heterocycles. The molecule has 14 heteroatoms. The maximum absolute atomic E-state index is 13.5. The Morgan fingerprint density at radius 1 is 0.951 bits per heavy atom. The number of carbonyl (C=O) groups is 4. The van der Waals surface area contributed by atoms with Crippen LogP contribution in [0.3, 0.4) is 0 Å². The molecule has 0 spiro atoms. The number of carbonyl (C=O) groups excluding carboxylic acids is 3. The zero-order valence-corrected chi connectivity index (χ0v) is 23.4. The van der Waals surface area contributed by atoms with Crippen LogP contribution in [0.25, 0.3) is 0 Å². The number of rotatable bonds is 17. The minimum Gasteiger partial charge on any atom is -0.480 e. The number of H-pyrrole nitrogens is 1. The van der Waals surface area contributed by atoms with Crippen LogP contribution in [0, 0.1) is 5.92 Å². The van der Waals surface area contributed by atoms with E-state index in [1.165, 1.54) is 12.5 Å². The first-order chi connectivity index (χ1) is 19.5. The van der Waals surface area contributed by atoms with Crippen LogP contribution < -0.4 is 33.2 Å². The fraction of sp³-hybridized carbons (Fsp3) is 0.481. The van der Waals surface area contributed by atoms with Gasteiger partial charge in [0, 0.05) is 24.9 Å². The number of hydrogen-bond acceptors (Lipinski definition) is 7. The van der Waals surface area contributed by atoms with E-state index < -0.39 is 47.9 Å². The molecule has 14 nitrogen and oxygen atoms in total. The lowest BCUT2D eigenvalue weighted by molar-refractivity contribution is -0.142. The molecule has 1 heterocycles. The highest BCUT2D eigenvalue weighted by atomic mass is 16.4. The lowest BCUT2D eigenvalue weighted by Crippen LogP contribution is -2.58. The van der Waals surface area contributed by atoms with E-state index in [9.17, 15) is 24.3 Å². The number of aromatic amines is 1. The average Bonchev–Trinajstić information content (AvgIpc) is 3.42. The number of guanidine groups is 1. The lowest BCUT2D eigenvalue weighted by atomic mass is 10.0. The predicted octanol–water partition coefficient (Wildman–Crippen LogP) is -0.839. The zero-order chi connectivity index (χ0) is 30.4. The van der Waals surface area contributed by atoms with E-state index >= 15 is 0 Å². The second kappa shape index (κ2) is 16.6. The van der Waals surface area contributed by atoms with Crippen LogP contribution >= 0.6 is 0 Å². The molecule has 1 aromatic heterocycles. The minimum absolute atomic E-state index is 0.000371. The van der Waals surface area contributed by atoms with Gasteiger partial charge in [-0.3, -0.25) is 19.4 Å². The third-order valence-corrected chi connectivity index (χ3v) is 6.15. The Morgan fingerprint density at radius 3 is 2.17 bits per heavy atom. The molecule has 224 valence electrons. The molecule has 0 fully saturated rings. The van der Waals surface area contributed by atoms with Crippen molar-refractivity contribution in [2.24, 2.45) is 28.1 Å². The van der Waals surface area contributed by atoms with Gasteiger partial charge in [-0.1, -0.05) is 44.2 Å². The van der Waals surface area contributed by atoms with Gasteiger partial charge in [-0.15, -0.1) is 0 Å². The summed E-state index contributed by atoms with van der Waals surface area (Å²) >= 11 is 0. The van der Waals surface area contributed by atoms with Gasteiger partial charge in [-0.05, 0) is 37.2 Å². The van der Waals surface area contributed by atoms with Crippen molar-refractivity contribution in [3.63, 3.8) is 0 Å². The number of aliphatic imine (C=N–C) groups is 1. The molecule has 2 aromatic rings. The Labute approximate surface area is 238 Å². The standard InChI is InChI=1S/C27H41N9O5/c1-16(2)11-22(26(40)41)36-24(38)20(9-6-10-32-27(29)30)34-25(39)21(13-18-14-31-15-33-18)35-23(37)19(28)12-17-7-4-3-5-8-17/h3-5,7-8,14-16,19-22H,6,9-13,28H2,1-2H3,(H,31,33)(H,34,39)(H,35,37)(H,36,38)(H,40,41)(H4,29,30,32). The summed E-state index contributed by atoms with van der Waals surface area (Å²) in [6.45, 7) is 3.86. The summed E-state index contributed by atoms with van der Waals surface area (Å²) in [6, 6.07) is 4.91. The SMILES string of the molecule is CC(C)CC(NC(=O)C(CCCN=C(N)N)NC(=O)C(Cc1cnc[nH]1)NC(=O)C(N)Cc1ccccc1)C(=O)O. The maximum Gasteiger partial charge on any atom is 0.326 e. The van der Waals surface area contributed by atoms with Gasteiger partial charge in [0.15, 0.2) is 5.96 Å². The van der Waals surface area contributed by atoms with Crippen molar-refractivity contribution in [1.82, 2.24) is 25.9 Å². The Hall–Kier alpha value is -4.46. The first kappa shape index (κ1) is 32.8. The van der Waals surface area contributed by atoms with Crippen molar-refractivity contribution in [3.8, 4) is 0 Å². The van der Waals surface area contributed by atoms with E-state index in [0.717, 1.165) is 5.56 Å². The van der Waals surface area contributed by atoms with E-state index in [4.69, 9.17) is 17.2 Å². The molecule has 4 unspecified atom stereocenters. The van der Waals surface area contributed by atoms with E-state index in [0.29, 0.717) is 12.1 Å². The molecular weight excluding hydrogens is 530 g/mol. The zero-order valence-electron chi connectivity index (χ0n) is 23.4. The average molecular weight is 572 g/mol. The number of imidazole rings is 1. The molecule has 11 N–H and O–H groups in total. The van der Waals surface area contributed by atoms with E-state index in [2.05, 4.69) is 30.9 Å². The van der Waals surface area contributed by atoms with Gasteiger partial charge in [0.2, 0.25) is 17.7 Å². The summed E-state index contributed by atoms with van der Waals surface area (Å²) in [4.78, 5) is 62.1. The molecule has 0 aliphatic carbocycles. The van der Waals surface area contributed by atoms with Crippen LogP contribution in [0.4, 0.5) is 0 Å². The third kappa shape index (κ3) is 12.1. The Bertz CT molecular complexity index is 1150. The summed E-state index contributed by atoms with van der Waals surface area (Å²) in [5, 5.41) is 17.4. The summed E-state index contributed by atoms with van der Waals surface area (Å²) in [5.74, 6) is -3.19. The van der Waals surface area contributed by atoms with E-state index in [1.54, 1.807) is 0 Å². The van der Waals surface area contributed by atoms with Crippen molar-refractivity contribution < 1.29 is 24.3 Å². The molecule has 0 aliphatic rings. The van der Waals surface area contributed by atoms with Crippen LogP contribution in [0.2, 0.25) is 0 Å². The molecule has 0 bridgehead atoms. The maximum atomic E-state index is 13.5. The molecule has 41 heavy (non-hydrogen) atoms. The van der Waals surface area contributed by atoms with Gasteiger partial charge in [0.1, 0.15) is 18.1 Å². The Morgan fingerprint density at radius 2 is 1.59 bits per heavy atom. The van der Waals surface area contributed by atoms with Crippen molar-refractivity contribution >= 4 is 29.7 Å². The van der Waals surface area contributed by atoms with Gasteiger partial charge in [0.25, 0.3) is 0 Å². The quantitative estimate of drug-likeness (QED) is 0.0669. The highest BCUT2D eigenvalue weighted by Crippen LogP contribution is 2.09. The fourth-order valence-corrected chi connectivity index (χ4v) is 4.07. The summed E-state index contributed by atoms with van der Waals surface area (Å²) in [5.41, 5.74) is 18.3. The lowest BCUT2D eigenvalue weighted by Gasteiger charge is -2.25. The number of benzene rings is 1. The van der Waals surface area contributed by atoms with Crippen molar-refractivity contribution in [1.29, 1.82) is 0 Å². The van der Waals surface area contributed by atoms with E-state index in [1.807, 2.05) is 44.2 Å². The Balaban J connectivity index is 2.20. The number of aromatic nitrogens is 2. The third-order valence-electron chi connectivity index (χ3n) is 6.15. The molecule has 0 saturated heterocycles. The molecule has 4 atom stereocenters. The number of hydrogen-bond donors (Lipinski definition) is 8. The number of aliphatic carboxylic acids is 1. The number of carboxylic acids is 1. The van der Waals surface area contributed by atoms with E-state index in [-0.39, 0.29) is 44.1 Å².